The largest absolute Gasteiger partial charge is 0.491 e. The third kappa shape index (κ3) is 2.47. The van der Waals surface area contributed by atoms with Gasteiger partial charge in [-0.15, -0.1) is 0 Å². The Hall–Kier alpha value is -1.59. The molecule has 96 valence electrons. The summed E-state index contributed by atoms with van der Waals surface area (Å²) < 4.78 is 11.2. The summed E-state index contributed by atoms with van der Waals surface area (Å²) >= 11 is 0. The van der Waals surface area contributed by atoms with E-state index in [9.17, 15) is 0 Å². The lowest BCUT2D eigenvalue weighted by Gasteiger charge is -2.26. The summed E-state index contributed by atoms with van der Waals surface area (Å²) in [6.07, 6.45) is 1.80. The van der Waals surface area contributed by atoms with E-state index in [2.05, 4.69) is 15.1 Å². The van der Waals surface area contributed by atoms with Crippen LogP contribution in [0.5, 0.6) is 5.75 Å². The van der Waals surface area contributed by atoms with Gasteiger partial charge in [-0.2, -0.15) is 5.10 Å². The molecule has 18 heavy (non-hydrogen) atoms. The first-order chi connectivity index (χ1) is 8.93. The molecule has 5 nitrogen and oxygen atoms in total. The number of nitrogens with zero attached hydrogens (tertiary/aromatic N) is 2. The second-order valence-electron chi connectivity index (χ2n) is 4.39. The number of rotatable bonds is 4. The number of aromatic amines is 1. The molecule has 2 heterocycles. The van der Waals surface area contributed by atoms with E-state index < -0.39 is 0 Å². The Kier molecular flexibility index (Phi) is 3.43. The predicted octanol–water partition coefficient (Wildman–Crippen LogP) is 1.27. The van der Waals surface area contributed by atoms with E-state index >= 15 is 0 Å². The lowest BCUT2D eigenvalue weighted by Crippen LogP contribution is -2.38. The minimum absolute atomic E-state index is 0.699. The molecular weight excluding hydrogens is 230 g/mol. The SMILES string of the molecule is c1cc(OCCN2CCOCC2)c2cn[nH]c2c1. The molecular formula is C13H17N3O2. The third-order valence-electron chi connectivity index (χ3n) is 3.21. The van der Waals surface area contributed by atoms with Crippen molar-refractivity contribution in [2.75, 3.05) is 39.5 Å². The maximum Gasteiger partial charge on any atom is 0.130 e. The van der Waals surface area contributed by atoms with Gasteiger partial charge in [-0.1, -0.05) is 6.07 Å². The molecule has 1 aliphatic rings. The molecule has 0 atom stereocenters. The molecule has 0 spiro atoms. The van der Waals surface area contributed by atoms with Gasteiger partial charge in [0, 0.05) is 19.6 Å². The summed E-state index contributed by atoms with van der Waals surface area (Å²) in [5, 5.41) is 8.01. The molecule has 1 saturated heterocycles. The van der Waals surface area contributed by atoms with Crippen LogP contribution in [0.25, 0.3) is 10.9 Å². The maximum atomic E-state index is 5.84. The van der Waals surface area contributed by atoms with Gasteiger partial charge in [0.05, 0.1) is 30.3 Å². The van der Waals surface area contributed by atoms with Crippen molar-refractivity contribution >= 4 is 10.9 Å². The van der Waals surface area contributed by atoms with Crippen molar-refractivity contribution in [1.82, 2.24) is 15.1 Å². The lowest BCUT2D eigenvalue weighted by atomic mass is 10.2. The molecule has 0 aliphatic carbocycles. The van der Waals surface area contributed by atoms with E-state index in [4.69, 9.17) is 9.47 Å². The highest BCUT2D eigenvalue weighted by Crippen LogP contribution is 2.23. The van der Waals surface area contributed by atoms with Crippen LogP contribution in [0.1, 0.15) is 0 Å². The Labute approximate surface area is 106 Å². The van der Waals surface area contributed by atoms with Crippen LogP contribution in [0.2, 0.25) is 0 Å². The molecule has 0 unspecified atom stereocenters. The number of hydrogen-bond donors (Lipinski definition) is 1. The fraction of sp³-hybridized carbons (Fsp3) is 0.462. The summed E-state index contributed by atoms with van der Waals surface area (Å²) in [5.41, 5.74) is 1.01. The summed E-state index contributed by atoms with van der Waals surface area (Å²) in [6.45, 7) is 5.30. The molecule has 1 aliphatic heterocycles. The molecule has 5 heteroatoms. The zero-order chi connectivity index (χ0) is 12.2. The van der Waals surface area contributed by atoms with Crippen LogP contribution in [0.4, 0.5) is 0 Å². The lowest BCUT2D eigenvalue weighted by molar-refractivity contribution is 0.0323. The Morgan fingerprint density at radius 1 is 1.33 bits per heavy atom. The highest BCUT2D eigenvalue weighted by Gasteiger charge is 2.10. The Bertz CT molecular complexity index is 506. The van der Waals surface area contributed by atoms with Crippen molar-refractivity contribution in [2.45, 2.75) is 0 Å². The van der Waals surface area contributed by atoms with Gasteiger partial charge in [-0.25, -0.2) is 0 Å². The van der Waals surface area contributed by atoms with Crippen molar-refractivity contribution < 1.29 is 9.47 Å². The summed E-state index contributed by atoms with van der Waals surface area (Å²) in [5.74, 6) is 0.898. The van der Waals surface area contributed by atoms with E-state index in [1.807, 2.05) is 18.2 Å². The van der Waals surface area contributed by atoms with E-state index in [-0.39, 0.29) is 0 Å². The average Bonchev–Trinajstić information content (AvgIpc) is 2.89. The van der Waals surface area contributed by atoms with Crippen molar-refractivity contribution in [3.8, 4) is 5.75 Å². The van der Waals surface area contributed by atoms with Gasteiger partial charge >= 0.3 is 0 Å². The van der Waals surface area contributed by atoms with Crippen LogP contribution >= 0.6 is 0 Å². The Morgan fingerprint density at radius 3 is 3.11 bits per heavy atom. The summed E-state index contributed by atoms with van der Waals surface area (Å²) in [7, 11) is 0. The van der Waals surface area contributed by atoms with Gasteiger partial charge in [0.2, 0.25) is 0 Å². The van der Waals surface area contributed by atoms with Crippen LogP contribution in [-0.2, 0) is 4.74 Å². The van der Waals surface area contributed by atoms with Crippen molar-refractivity contribution in [3.63, 3.8) is 0 Å². The molecule has 1 aromatic heterocycles. The zero-order valence-corrected chi connectivity index (χ0v) is 10.3. The number of ether oxygens (including phenoxy) is 2. The van der Waals surface area contributed by atoms with Crippen molar-refractivity contribution in [3.05, 3.63) is 24.4 Å². The van der Waals surface area contributed by atoms with Crippen LogP contribution in [0.3, 0.4) is 0 Å². The van der Waals surface area contributed by atoms with Gasteiger partial charge in [-0.05, 0) is 12.1 Å². The number of benzene rings is 1. The molecule has 1 aromatic carbocycles. The average molecular weight is 247 g/mol. The number of hydrogen-bond acceptors (Lipinski definition) is 4. The topological polar surface area (TPSA) is 50.4 Å². The molecule has 0 saturated carbocycles. The highest BCUT2D eigenvalue weighted by atomic mass is 16.5. The van der Waals surface area contributed by atoms with Crippen LogP contribution in [0.15, 0.2) is 24.4 Å². The fourth-order valence-corrected chi connectivity index (χ4v) is 2.18. The van der Waals surface area contributed by atoms with Gasteiger partial charge in [-0.3, -0.25) is 10.00 Å². The van der Waals surface area contributed by atoms with Crippen LogP contribution in [0, 0.1) is 0 Å². The maximum absolute atomic E-state index is 5.84. The van der Waals surface area contributed by atoms with E-state index in [1.165, 1.54) is 0 Å². The van der Waals surface area contributed by atoms with Crippen molar-refractivity contribution in [2.24, 2.45) is 0 Å². The number of aromatic nitrogens is 2. The second kappa shape index (κ2) is 5.37. The number of nitrogens with one attached hydrogen (secondary N) is 1. The quantitative estimate of drug-likeness (QED) is 0.884. The molecule has 2 aromatic rings. The van der Waals surface area contributed by atoms with E-state index in [0.717, 1.165) is 49.5 Å². The summed E-state index contributed by atoms with van der Waals surface area (Å²) in [6, 6.07) is 5.96. The van der Waals surface area contributed by atoms with E-state index in [0.29, 0.717) is 6.61 Å². The zero-order valence-electron chi connectivity index (χ0n) is 10.3. The van der Waals surface area contributed by atoms with Gasteiger partial charge < -0.3 is 9.47 Å². The first-order valence-electron chi connectivity index (χ1n) is 6.28. The van der Waals surface area contributed by atoms with Crippen LogP contribution < -0.4 is 4.74 Å². The molecule has 3 rings (SSSR count). The van der Waals surface area contributed by atoms with E-state index in [1.54, 1.807) is 6.20 Å². The Morgan fingerprint density at radius 2 is 2.22 bits per heavy atom. The molecule has 0 amide bonds. The Balaban J connectivity index is 1.57. The van der Waals surface area contributed by atoms with Crippen LogP contribution in [-0.4, -0.2) is 54.6 Å². The van der Waals surface area contributed by atoms with Gasteiger partial charge in [0.1, 0.15) is 12.4 Å². The first kappa shape index (κ1) is 11.5. The third-order valence-corrected chi connectivity index (χ3v) is 3.21. The predicted molar refractivity (Wildman–Crippen MR) is 68.8 cm³/mol. The first-order valence-corrected chi connectivity index (χ1v) is 6.28. The summed E-state index contributed by atoms with van der Waals surface area (Å²) in [4.78, 5) is 2.36. The number of fused-ring (bicyclic) bond motifs is 1. The molecule has 1 N–H and O–H groups in total. The van der Waals surface area contributed by atoms with Gasteiger partial charge in [0.15, 0.2) is 0 Å². The standard InChI is InChI=1S/C13H17N3O2/c1-2-12-11(10-14-15-12)13(3-1)18-9-6-16-4-7-17-8-5-16/h1-3,10H,4-9H2,(H,14,15). The molecule has 1 fully saturated rings. The second-order valence-corrected chi connectivity index (χ2v) is 4.39. The molecule has 0 bridgehead atoms. The van der Waals surface area contributed by atoms with Crippen molar-refractivity contribution in [1.29, 1.82) is 0 Å². The smallest absolute Gasteiger partial charge is 0.130 e. The number of morpholine rings is 1. The minimum atomic E-state index is 0.699. The monoisotopic (exact) mass is 247 g/mol. The normalized spacial score (nSPS) is 17.1. The number of H-pyrrole nitrogens is 1. The molecule has 0 radical (unpaired) electrons. The minimum Gasteiger partial charge on any atom is -0.491 e. The highest BCUT2D eigenvalue weighted by molar-refractivity contribution is 5.84. The fourth-order valence-electron chi connectivity index (χ4n) is 2.18. The van der Waals surface area contributed by atoms with Gasteiger partial charge in [0.25, 0.3) is 0 Å².